The van der Waals surface area contributed by atoms with Gasteiger partial charge in [0.15, 0.2) is 0 Å². The highest BCUT2D eigenvalue weighted by molar-refractivity contribution is 6.11. The second kappa shape index (κ2) is 13.4. The monoisotopic (exact) mass is 694 g/mol. The number of nitrogens with zero attached hydrogens (tertiary/aromatic N) is 2. The Bertz CT molecular complexity index is 2740. The molecule has 0 amide bonds. The summed E-state index contributed by atoms with van der Waals surface area (Å²) in [7, 11) is 0. The summed E-state index contributed by atoms with van der Waals surface area (Å²) in [4.78, 5) is 2.39. The zero-order valence-electron chi connectivity index (χ0n) is 31.0. The maximum Gasteiger partial charge on any atom is 0.0538 e. The molecule has 9 rings (SSSR count). The van der Waals surface area contributed by atoms with Crippen molar-refractivity contribution in [3.05, 3.63) is 206 Å². The maximum atomic E-state index is 3.82. The minimum Gasteiger partial charge on any atom is -0.313 e. The van der Waals surface area contributed by atoms with Gasteiger partial charge in [-0.1, -0.05) is 148 Å². The average molecular weight is 695 g/mol. The predicted octanol–water partition coefficient (Wildman–Crippen LogP) is 14.5. The highest BCUT2D eigenvalue weighted by Crippen LogP contribution is 2.50. The molecule has 0 bridgehead atoms. The summed E-state index contributed by atoms with van der Waals surface area (Å²) in [6.45, 7) is 10.7. The first kappa shape index (κ1) is 33.2. The molecule has 2 heteroatoms. The van der Waals surface area contributed by atoms with E-state index in [1.165, 1.54) is 66.3 Å². The molecule has 0 radical (unpaired) electrons. The highest BCUT2D eigenvalue weighted by atomic mass is 15.1. The number of hydrogen-bond acceptors (Lipinski definition) is 1. The zero-order chi connectivity index (χ0) is 36.8. The van der Waals surface area contributed by atoms with E-state index in [1.807, 2.05) is 12.2 Å². The molecule has 0 unspecified atom stereocenters. The molecule has 0 saturated heterocycles. The lowest BCUT2D eigenvalue weighted by Gasteiger charge is -2.28. The summed E-state index contributed by atoms with van der Waals surface area (Å²) in [5, 5.41) is 2.49. The summed E-state index contributed by atoms with van der Waals surface area (Å²) in [6.07, 6.45) is 7.95. The molecule has 54 heavy (non-hydrogen) atoms. The molecule has 0 saturated carbocycles. The molecule has 0 spiro atoms. The molecule has 0 N–H and O–H groups in total. The van der Waals surface area contributed by atoms with E-state index in [2.05, 4.69) is 207 Å². The minimum atomic E-state index is -0.0903. The standard InChI is InChI=1S/C52H42N2/c1-5-6-8-15-36(2)53-50-21-14-12-19-46(50)47-34-40(26-33-51(47)53)39-24-29-42(30-25-39)54(41-27-22-38(23-28-41)37-16-9-7-10-17-37)43-31-32-45-44-18-11-13-20-48(44)52(3,4)49(45)35-43/h5-35H,1H2,2-4H3/b8-6-,36-15+. The predicted molar refractivity (Wildman–Crippen MR) is 232 cm³/mol. The van der Waals surface area contributed by atoms with E-state index in [9.17, 15) is 0 Å². The number of anilines is 3. The molecule has 1 aliphatic carbocycles. The van der Waals surface area contributed by atoms with E-state index in [1.54, 1.807) is 6.08 Å². The second-order valence-electron chi connectivity index (χ2n) is 14.7. The summed E-state index contributed by atoms with van der Waals surface area (Å²) in [5.41, 5.74) is 17.1. The van der Waals surface area contributed by atoms with E-state index < -0.39 is 0 Å². The van der Waals surface area contributed by atoms with Crippen LogP contribution in [0.4, 0.5) is 17.1 Å². The number of hydrogen-bond donors (Lipinski definition) is 0. The Morgan fingerprint density at radius 3 is 1.83 bits per heavy atom. The molecule has 8 aromatic rings. The molecular formula is C52H42N2. The van der Waals surface area contributed by atoms with Gasteiger partial charge in [-0.2, -0.15) is 0 Å². The van der Waals surface area contributed by atoms with Gasteiger partial charge in [-0.3, -0.25) is 0 Å². The molecule has 1 aromatic heterocycles. The quantitative estimate of drug-likeness (QED) is 0.144. The molecule has 7 aromatic carbocycles. The van der Waals surface area contributed by atoms with Crippen LogP contribution in [0.25, 0.3) is 60.9 Å². The molecule has 1 heterocycles. The van der Waals surface area contributed by atoms with E-state index >= 15 is 0 Å². The summed E-state index contributed by atoms with van der Waals surface area (Å²) >= 11 is 0. The molecular weight excluding hydrogens is 653 g/mol. The van der Waals surface area contributed by atoms with Crippen LogP contribution >= 0.6 is 0 Å². The third-order valence-corrected chi connectivity index (χ3v) is 11.1. The molecule has 1 aliphatic rings. The van der Waals surface area contributed by atoms with Crippen molar-refractivity contribution in [2.45, 2.75) is 26.2 Å². The topological polar surface area (TPSA) is 8.17 Å². The van der Waals surface area contributed by atoms with Crippen LogP contribution in [-0.2, 0) is 5.41 Å². The van der Waals surface area contributed by atoms with E-state index in [0.717, 1.165) is 22.8 Å². The van der Waals surface area contributed by atoms with E-state index in [-0.39, 0.29) is 5.41 Å². The molecule has 0 atom stereocenters. The fourth-order valence-electron chi connectivity index (χ4n) is 8.40. The first-order chi connectivity index (χ1) is 26.4. The Morgan fingerprint density at radius 1 is 0.519 bits per heavy atom. The van der Waals surface area contributed by atoms with Gasteiger partial charge in [0.1, 0.15) is 0 Å². The van der Waals surface area contributed by atoms with Gasteiger partial charge in [0.05, 0.1) is 11.0 Å². The van der Waals surface area contributed by atoms with E-state index in [4.69, 9.17) is 0 Å². The van der Waals surface area contributed by atoms with Gasteiger partial charge in [-0.15, -0.1) is 0 Å². The van der Waals surface area contributed by atoms with Crippen LogP contribution in [0, 0.1) is 0 Å². The number of para-hydroxylation sites is 1. The van der Waals surface area contributed by atoms with Gasteiger partial charge in [-0.25, -0.2) is 0 Å². The highest BCUT2D eigenvalue weighted by Gasteiger charge is 2.35. The number of rotatable bonds is 8. The van der Waals surface area contributed by atoms with Crippen LogP contribution in [0.15, 0.2) is 195 Å². The fourth-order valence-corrected chi connectivity index (χ4v) is 8.40. The SMILES string of the molecule is C=C/C=C\C=C(/C)n1c2ccccc2c2cc(-c3ccc(N(c4ccc(-c5ccccc5)cc4)c4ccc5c(c4)C(C)(C)c4ccccc4-5)cc3)ccc21. The normalized spacial score (nSPS) is 13.4. The van der Waals surface area contributed by atoms with E-state index in [0.29, 0.717) is 0 Å². The number of fused-ring (bicyclic) bond motifs is 6. The summed E-state index contributed by atoms with van der Waals surface area (Å²) in [6, 6.07) is 60.0. The average Bonchev–Trinajstić information content (AvgIpc) is 3.67. The van der Waals surface area contributed by atoms with Gasteiger partial charge in [0, 0.05) is 38.9 Å². The van der Waals surface area contributed by atoms with Crippen LogP contribution in [-0.4, -0.2) is 4.57 Å². The number of allylic oxidation sites excluding steroid dienone is 5. The number of benzene rings is 7. The maximum absolute atomic E-state index is 3.82. The Labute approximate surface area is 318 Å². The van der Waals surface area contributed by atoms with Crippen LogP contribution < -0.4 is 4.90 Å². The molecule has 260 valence electrons. The van der Waals surface area contributed by atoms with Crippen LogP contribution in [0.2, 0.25) is 0 Å². The Hall–Kier alpha value is -6.64. The fraction of sp³-hybridized carbons (Fsp3) is 0.0769. The van der Waals surface area contributed by atoms with Crippen molar-refractivity contribution in [2.24, 2.45) is 0 Å². The molecule has 2 nitrogen and oxygen atoms in total. The lowest BCUT2D eigenvalue weighted by molar-refractivity contribution is 0.660. The number of aromatic nitrogens is 1. The third kappa shape index (κ3) is 5.59. The minimum absolute atomic E-state index is 0.0903. The molecule has 0 fully saturated rings. The first-order valence-corrected chi connectivity index (χ1v) is 18.7. The van der Waals surface area contributed by atoms with Gasteiger partial charge in [0.25, 0.3) is 0 Å². The first-order valence-electron chi connectivity index (χ1n) is 18.7. The van der Waals surface area contributed by atoms with Crippen molar-refractivity contribution in [3.8, 4) is 33.4 Å². The van der Waals surface area contributed by atoms with Gasteiger partial charge in [0.2, 0.25) is 0 Å². The van der Waals surface area contributed by atoms with Gasteiger partial charge in [-0.05, 0) is 112 Å². The van der Waals surface area contributed by atoms with Crippen LogP contribution in [0.3, 0.4) is 0 Å². The van der Waals surface area contributed by atoms with Gasteiger partial charge < -0.3 is 9.47 Å². The summed E-state index contributed by atoms with van der Waals surface area (Å²) < 4.78 is 2.35. The second-order valence-corrected chi connectivity index (χ2v) is 14.7. The Morgan fingerprint density at radius 2 is 1.09 bits per heavy atom. The molecule has 0 aliphatic heterocycles. The van der Waals surface area contributed by atoms with Crippen molar-refractivity contribution in [1.29, 1.82) is 0 Å². The largest absolute Gasteiger partial charge is 0.313 e. The Balaban J connectivity index is 1.13. The van der Waals surface area contributed by atoms with Crippen molar-refractivity contribution < 1.29 is 0 Å². The third-order valence-electron chi connectivity index (χ3n) is 11.1. The zero-order valence-corrected chi connectivity index (χ0v) is 31.0. The smallest absolute Gasteiger partial charge is 0.0538 e. The van der Waals surface area contributed by atoms with Crippen molar-refractivity contribution >= 4 is 44.6 Å². The van der Waals surface area contributed by atoms with Crippen molar-refractivity contribution in [1.82, 2.24) is 4.57 Å². The van der Waals surface area contributed by atoms with Crippen molar-refractivity contribution in [2.75, 3.05) is 4.90 Å². The Kier molecular flexibility index (Phi) is 8.24. The lowest BCUT2D eigenvalue weighted by Crippen LogP contribution is -2.16. The van der Waals surface area contributed by atoms with Crippen LogP contribution in [0.1, 0.15) is 31.9 Å². The van der Waals surface area contributed by atoms with Crippen LogP contribution in [0.5, 0.6) is 0 Å². The van der Waals surface area contributed by atoms with Gasteiger partial charge >= 0.3 is 0 Å². The lowest BCUT2D eigenvalue weighted by atomic mass is 9.82. The van der Waals surface area contributed by atoms with Crippen molar-refractivity contribution in [3.63, 3.8) is 0 Å². The summed E-state index contributed by atoms with van der Waals surface area (Å²) in [5.74, 6) is 0.